The Morgan fingerprint density at radius 3 is 2.61 bits per heavy atom. The number of aromatic nitrogens is 2. The van der Waals surface area contributed by atoms with Gasteiger partial charge in [-0.1, -0.05) is 25.1 Å². The van der Waals surface area contributed by atoms with Crippen molar-refractivity contribution in [3.63, 3.8) is 0 Å². The largest absolute Gasteiger partial charge is 0.326 e. The molecule has 2 heterocycles. The first-order chi connectivity index (χ1) is 11.1. The molecule has 0 aliphatic rings. The number of amides is 1. The second-order valence-electron chi connectivity index (χ2n) is 5.80. The van der Waals surface area contributed by atoms with Gasteiger partial charge in [-0.25, -0.2) is 4.98 Å². The molecule has 3 aromatic rings. The number of anilines is 1. The van der Waals surface area contributed by atoms with E-state index in [9.17, 15) is 4.79 Å². The van der Waals surface area contributed by atoms with Crippen LogP contribution in [0.2, 0.25) is 0 Å². The van der Waals surface area contributed by atoms with E-state index in [1.807, 2.05) is 60.8 Å². The van der Waals surface area contributed by atoms with Gasteiger partial charge in [-0.3, -0.25) is 4.79 Å². The van der Waals surface area contributed by atoms with E-state index in [0.717, 1.165) is 34.7 Å². The monoisotopic (exact) mass is 307 g/mol. The van der Waals surface area contributed by atoms with Gasteiger partial charge in [-0.15, -0.1) is 0 Å². The van der Waals surface area contributed by atoms with E-state index in [1.165, 1.54) is 5.56 Å². The van der Waals surface area contributed by atoms with Crippen LogP contribution in [0.15, 0.2) is 42.6 Å². The van der Waals surface area contributed by atoms with Gasteiger partial charge in [0.2, 0.25) is 5.91 Å². The number of rotatable bonds is 4. The molecule has 0 fully saturated rings. The summed E-state index contributed by atoms with van der Waals surface area (Å²) < 4.78 is 2.00. The van der Waals surface area contributed by atoms with Gasteiger partial charge >= 0.3 is 0 Å². The summed E-state index contributed by atoms with van der Waals surface area (Å²) in [7, 11) is 0. The Hall–Kier alpha value is -2.62. The number of imidazole rings is 1. The summed E-state index contributed by atoms with van der Waals surface area (Å²) in [6, 6.07) is 12.0. The number of benzene rings is 1. The standard InChI is InChI=1S/C19H21N3O/c1-4-15-7-9-16(10-8-15)21-18(23)12-17-14(3)20-19-13(2)6-5-11-22(17)19/h5-11H,4,12H2,1-3H3,(H,21,23). The van der Waals surface area contributed by atoms with Gasteiger partial charge in [-0.2, -0.15) is 0 Å². The van der Waals surface area contributed by atoms with Crippen LogP contribution < -0.4 is 5.32 Å². The summed E-state index contributed by atoms with van der Waals surface area (Å²) in [4.78, 5) is 16.9. The van der Waals surface area contributed by atoms with Crippen molar-refractivity contribution in [2.45, 2.75) is 33.6 Å². The number of pyridine rings is 1. The molecule has 118 valence electrons. The molecule has 4 heteroatoms. The molecule has 0 bridgehead atoms. The smallest absolute Gasteiger partial charge is 0.230 e. The van der Waals surface area contributed by atoms with Crippen molar-refractivity contribution in [2.24, 2.45) is 0 Å². The molecule has 0 aliphatic carbocycles. The molecule has 0 saturated carbocycles. The maximum atomic E-state index is 12.4. The number of hydrogen-bond acceptors (Lipinski definition) is 2. The Bertz CT molecular complexity index is 847. The SMILES string of the molecule is CCc1ccc(NC(=O)Cc2c(C)nc3c(C)cccn23)cc1. The number of carbonyl (C=O) groups is 1. The Morgan fingerprint density at radius 2 is 1.91 bits per heavy atom. The van der Waals surface area contributed by atoms with Crippen LogP contribution >= 0.6 is 0 Å². The van der Waals surface area contributed by atoms with Crippen LogP contribution in [0.3, 0.4) is 0 Å². The van der Waals surface area contributed by atoms with E-state index in [0.29, 0.717) is 6.42 Å². The number of nitrogens with one attached hydrogen (secondary N) is 1. The maximum Gasteiger partial charge on any atom is 0.230 e. The van der Waals surface area contributed by atoms with Crippen LogP contribution in [0.1, 0.15) is 29.4 Å². The van der Waals surface area contributed by atoms with Crippen molar-refractivity contribution in [3.8, 4) is 0 Å². The molecule has 1 aromatic carbocycles. The average molecular weight is 307 g/mol. The normalized spacial score (nSPS) is 10.9. The summed E-state index contributed by atoms with van der Waals surface area (Å²) in [5, 5.41) is 2.96. The third kappa shape index (κ3) is 3.11. The molecular formula is C19H21N3O. The molecule has 2 aromatic heterocycles. The minimum Gasteiger partial charge on any atom is -0.326 e. The fraction of sp³-hybridized carbons (Fsp3) is 0.263. The Balaban J connectivity index is 1.80. The van der Waals surface area contributed by atoms with E-state index in [1.54, 1.807) is 0 Å². The molecule has 0 unspecified atom stereocenters. The molecule has 3 rings (SSSR count). The van der Waals surface area contributed by atoms with Crippen LogP contribution in [0.25, 0.3) is 5.65 Å². The average Bonchev–Trinajstić information content (AvgIpc) is 2.86. The molecule has 0 radical (unpaired) electrons. The Labute approximate surface area is 136 Å². The highest BCUT2D eigenvalue weighted by molar-refractivity contribution is 5.92. The first-order valence-electron chi connectivity index (χ1n) is 7.90. The highest BCUT2D eigenvalue weighted by Crippen LogP contribution is 2.17. The molecule has 23 heavy (non-hydrogen) atoms. The van der Waals surface area contributed by atoms with Gasteiger partial charge in [0.1, 0.15) is 5.65 Å². The molecule has 0 saturated heterocycles. The summed E-state index contributed by atoms with van der Waals surface area (Å²) in [6.45, 7) is 6.09. The van der Waals surface area contributed by atoms with Crippen molar-refractivity contribution < 1.29 is 4.79 Å². The van der Waals surface area contributed by atoms with Crippen molar-refractivity contribution in [1.82, 2.24) is 9.38 Å². The summed E-state index contributed by atoms with van der Waals surface area (Å²) in [5.41, 5.74) is 5.95. The van der Waals surface area contributed by atoms with Crippen LogP contribution in [0.4, 0.5) is 5.69 Å². The van der Waals surface area contributed by atoms with Gasteiger partial charge in [-0.05, 0) is 49.6 Å². The number of nitrogens with zero attached hydrogens (tertiary/aromatic N) is 2. The molecule has 0 spiro atoms. The first-order valence-corrected chi connectivity index (χ1v) is 7.90. The Morgan fingerprint density at radius 1 is 1.17 bits per heavy atom. The maximum absolute atomic E-state index is 12.4. The molecule has 0 aliphatic heterocycles. The first kappa shape index (κ1) is 15.3. The van der Waals surface area contributed by atoms with Crippen molar-refractivity contribution in [1.29, 1.82) is 0 Å². The summed E-state index contributed by atoms with van der Waals surface area (Å²) >= 11 is 0. The molecule has 4 nitrogen and oxygen atoms in total. The lowest BCUT2D eigenvalue weighted by Gasteiger charge is -2.07. The van der Waals surface area contributed by atoms with E-state index >= 15 is 0 Å². The highest BCUT2D eigenvalue weighted by Gasteiger charge is 2.14. The van der Waals surface area contributed by atoms with Crippen LogP contribution in [0.5, 0.6) is 0 Å². The summed E-state index contributed by atoms with van der Waals surface area (Å²) in [6.07, 6.45) is 3.27. The van der Waals surface area contributed by atoms with Crippen molar-refractivity contribution in [2.75, 3.05) is 5.32 Å². The lowest BCUT2D eigenvalue weighted by molar-refractivity contribution is -0.115. The van der Waals surface area contributed by atoms with Gasteiger partial charge in [0.15, 0.2) is 0 Å². The van der Waals surface area contributed by atoms with E-state index in [2.05, 4.69) is 17.2 Å². The highest BCUT2D eigenvalue weighted by atomic mass is 16.1. The van der Waals surface area contributed by atoms with Crippen molar-refractivity contribution in [3.05, 3.63) is 65.1 Å². The predicted octanol–water partition coefficient (Wildman–Crippen LogP) is 3.69. The third-order valence-electron chi connectivity index (χ3n) is 4.12. The van der Waals surface area contributed by atoms with Gasteiger partial charge in [0.05, 0.1) is 17.8 Å². The number of aryl methyl sites for hydroxylation is 3. The lowest BCUT2D eigenvalue weighted by atomic mass is 10.1. The van der Waals surface area contributed by atoms with Crippen LogP contribution in [0, 0.1) is 13.8 Å². The van der Waals surface area contributed by atoms with Crippen LogP contribution in [-0.2, 0) is 17.6 Å². The van der Waals surface area contributed by atoms with E-state index in [4.69, 9.17) is 0 Å². The zero-order valence-corrected chi connectivity index (χ0v) is 13.8. The molecular weight excluding hydrogens is 286 g/mol. The number of hydrogen-bond donors (Lipinski definition) is 1. The topological polar surface area (TPSA) is 46.4 Å². The lowest BCUT2D eigenvalue weighted by Crippen LogP contribution is -2.16. The zero-order chi connectivity index (χ0) is 16.4. The number of carbonyl (C=O) groups excluding carboxylic acids is 1. The fourth-order valence-electron chi connectivity index (χ4n) is 2.76. The second kappa shape index (κ2) is 6.24. The van der Waals surface area contributed by atoms with Gasteiger partial charge < -0.3 is 9.72 Å². The molecule has 1 amide bonds. The van der Waals surface area contributed by atoms with E-state index in [-0.39, 0.29) is 5.91 Å². The Kier molecular flexibility index (Phi) is 4.15. The van der Waals surface area contributed by atoms with Gasteiger partial charge in [0, 0.05) is 11.9 Å². The summed E-state index contributed by atoms with van der Waals surface area (Å²) in [5.74, 6) is -0.0272. The minimum absolute atomic E-state index is 0.0272. The van der Waals surface area contributed by atoms with Crippen molar-refractivity contribution >= 4 is 17.2 Å². The quantitative estimate of drug-likeness (QED) is 0.799. The van der Waals surface area contributed by atoms with Crippen LogP contribution in [-0.4, -0.2) is 15.3 Å². The number of fused-ring (bicyclic) bond motifs is 1. The molecule has 0 atom stereocenters. The fourth-order valence-corrected chi connectivity index (χ4v) is 2.76. The predicted molar refractivity (Wildman–Crippen MR) is 92.8 cm³/mol. The molecule has 1 N–H and O–H groups in total. The van der Waals surface area contributed by atoms with E-state index < -0.39 is 0 Å². The van der Waals surface area contributed by atoms with Gasteiger partial charge in [0.25, 0.3) is 0 Å². The third-order valence-corrected chi connectivity index (χ3v) is 4.12. The zero-order valence-electron chi connectivity index (χ0n) is 13.8. The second-order valence-corrected chi connectivity index (χ2v) is 5.80. The minimum atomic E-state index is -0.0272.